The van der Waals surface area contributed by atoms with Crippen LogP contribution < -0.4 is 15.9 Å². The van der Waals surface area contributed by atoms with Gasteiger partial charge in [-0.1, -0.05) is 91.0 Å². The summed E-state index contributed by atoms with van der Waals surface area (Å²) in [7, 11) is 0. The maximum atomic E-state index is 13.2. The molecule has 0 unspecified atom stereocenters. The Morgan fingerprint density at radius 1 is 0.667 bits per heavy atom. The average Bonchev–Trinajstić information content (AvgIpc) is 2.77. The number of ketones is 1. The van der Waals surface area contributed by atoms with Gasteiger partial charge in [0.15, 0.2) is 5.78 Å². The first kappa shape index (κ1) is 21.5. The van der Waals surface area contributed by atoms with Crippen LogP contribution in [0.5, 0.6) is 0 Å². The smallest absolute Gasteiger partial charge is 0.226 e. The Morgan fingerprint density at radius 3 is 1.30 bits per heavy atom. The van der Waals surface area contributed by atoms with E-state index in [-0.39, 0.29) is 12.3 Å². The van der Waals surface area contributed by atoms with Gasteiger partial charge < -0.3 is 0 Å². The first-order valence-corrected chi connectivity index (χ1v) is 11.5. The zero-order valence-electron chi connectivity index (χ0n) is 17.1. The summed E-state index contributed by atoms with van der Waals surface area (Å²) in [5.41, 5.74) is 0. The third-order valence-corrected chi connectivity index (χ3v) is 8.92. The number of carbonyl (C=O) groups is 3. The first-order chi connectivity index (χ1) is 14.4. The summed E-state index contributed by atoms with van der Waals surface area (Å²) in [6, 6.07) is 29.8. The molecule has 0 atom stereocenters. The highest BCUT2D eigenvalue weighted by atomic mass is 31.2. The standard InChI is InChI=1S/C25H24NO3P/c1-20(27)26(21(2)28)18-22(29)19-30(23-12-6-3-7-13-23,24-14-8-4-9-15-24)25-16-10-5-11-17-25/h3-17,19H,18H2,1-2H3. The molecule has 0 aromatic heterocycles. The summed E-state index contributed by atoms with van der Waals surface area (Å²) in [5, 5.41) is 3.11. The van der Waals surface area contributed by atoms with E-state index in [0.29, 0.717) is 0 Å². The third kappa shape index (κ3) is 4.50. The predicted molar refractivity (Wildman–Crippen MR) is 124 cm³/mol. The van der Waals surface area contributed by atoms with E-state index in [1.165, 1.54) is 13.8 Å². The second-order valence-electron chi connectivity index (χ2n) is 6.95. The zero-order valence-corrected chi connectivity index (χ0v) is 18.0. The summed E-state index contributed by atoms with van der Waals surface area (Å²) in [4.78, 5) is 37.9. The van der Waals surface area contributed by atoms with Crippen molar-refractivity contribution in [1.29, 1.82) is 0 Å². The highest BCUT2D eigenvalue weighted by molar-refractivity contribution is 7.95. The first-order valence-electron chi connectivity index (χ1n) is 9.68. The Morgan fingerprint density at radius 2 is 1.00 bits per heavy atom. The van der Waals surface area contributed by atoms with Crippen LogP contribution in [0, 0.1) is 0 Å². The van der Waals surface area contributed by atoms with Crippen molar-refractivity contribution in [3.05, 3.63) is 91.0 Å². The van der Waals surface area contributed by atoms with Crippen LogP contribution in [0.1, 0.15) is 13.8 Å². The molecule has 0 aliphatic carbocycles. The van der Waals surface area contributed by atoms with Crippen molar-refractivity contribution < 1.29 is 14.4 Å². The third-order valence-electron chi connectivity index (χ3n) is 4.90. The highest BCUT2D eigenvalue weighted by Crippen LogP contribution is 2.43. The van der Waals surface area contributed by atoms with E-state index < -0.39 is 18.7 Å². The number of hydrogen-bond donors (Lipinski definition) is 0. The molecule has 2 amide bonds. The van der Waals surface area contributed by atoms with Crippen LogP contribution >= 0.6 is 6.89 Å². The van der Waals surface area contributed by atoms with Crippen molar-refractivity contribution in [3.63, 3.8) is 0 Å². The maximum Gasteiger partial charge on any atom is 0.226 e. The molecule has 0 saturated heterocycles. The molecule has 4 nitrogen and oxygen atoms in total. The normalized spacial score (nSPS) is 10.9. The zero-order chi connectivity index (χ0) is 21.6. The van der Waals surface area contributed by atoms with E-state index in [1.807, 2.05) is 91.0 Å². The number of Topliss-reactive ketones (excluding diaryl/α,β-unsaturated/α-hetero) is 1. The van der Waals surface area contributed by atoms with E-state index in [2.05, 4.69) is 0 Å². The lowest BCUT2D eigenvalue weighted by Crippen LogP contribution is -2.39. The summed E-state index contributed by atoms with van der Waals surface area (Å²) >= 11 is 0. The van der Waals surface area contributed by atoms with Crippen LogP contribution in [0.3, 0.4) is 0 Å². The molecule has 0 radical (unpaired) electrons. The molecule has 0 N–H and O–H groups in total. The Hall–Kier alpha value is -3.23. The molecule has 0 heterocycles. The largest absolute Gasteiger partial charge is 0.293 e. The summed E-state index contributed by atoms with van der Waals surface area (Å²) in [5.74, 6) is 0.608. The molecule has 3 rings (SSSR count). The lowest BCUT2D eigenvalue weighted by atomic mass is 10.3. The van der Waals surface area contributed by atoms with Gasteiger partial charge in [0.25, 0.3) is 0 Å². The molecule has 5 heteroatoms. The summed E-state index contributed by atoms with van der Waals surface area (Å²) in [6.45, 7) is -0.126. The Bertz CT molecular complexity index is 976. The van der Waals surface area contributed by atoms with Crippen molar-refractivity contribution in [2.24, 2.45) is 0 Å². The van der Waals surface area contributed by atoms with Crippen LogP contribution in [0.2, 0.25) is 0 Å². The van der Waals surface area contributed by atoms with Gasteiger partial charge in [-0.15, -0.1) is 0 Å². The highest BCUT2D eigenvalue weighted by Gasteiger charge is 2.27. The number of benzene rings is 3. The lowest BCUT2D eigenvalue weighted by Gasteiger charge is -2.28. The van der Waals surface area contributed by atoms with Gasteiger partial charge in [0.1, 0.15) is 0 Å². The predicted octanol–water partition coefficient (Wildman–Crippen LogP) is 2.75. The fraction of sp³-hybridized carbons (Fsp3) is 0.120. The molecule has 0 fully saturated rings. The summed E-state index contributed by atoms with van der Waals surface area (Å²) in [6.07, 6.45) is 0. The Kier molecular flexibility index (Phi) is 6.81. The van der Waals surface area contributed by atoms with Crippen molar-refractivity contribution in [1.82, 2.24) is 4.90 Å². The van der Waals surface area contributed by atoms with Crippen molar-refractivity contribution in [2.45, 2.75) is 13.8 Å². The van der Waals surface area contributed by atoms with Gasteiger partial charge in [0.05, 0.1) is 6.54 Å². The van der Waals surface area contributed by atoms with Crippen LogP contribution in [0.15, 0.2) is 91.0 Å². The minimum absolute atomic E-state index is 0.259. The van der Waals surface area contributed by atoms with E-state index in [4.69, 9.17) is 0 Å². The van der Waals surface area contributed by atoms with Crippen molar-refractivity contribution >= 4 is 46.2 Å². The van der Waals surface area contributed by atoms with Crippen LogP contribution in [0.4, 0.5) is 0 Å². The quantitative estimate of drug-likeness (QED) is 0.580. The summed E-state index contributed by atoms with van der Waals surface area (Å²) < 4.78 is 0. The molecule has 30 heavy (non-hydrogen) atoms. The number of rotatable bonds is 6. The average molecular weight is 417 g/mol. The molecule has 3 aromatic carbocycles. The Labute approximate surface area is 177 Å². The fourth-order valence-corrected chi connectivity index (χ4v) is 7.30. The molecular formula is C25H24NO3P. The second-order valence-corrected chi connectivity index (χ2v) is 10.2. The number of hydrogen-bond acceptors (Lipinski definition) is 3. The van der Waals surface area contributed by atoms with Gasteiger partial charge in [-0.25, -0.2) is 0 Å². The van der Waals surface area contributed by atoms with E-state index in [1.54, 1.807) is 5.80 Å². The molecule has 0 spiro atoms. The molecule has 3 aromatic rings. The second kappa shape index (κ2) is 9.51. The number of amides is 2. The molecule has 0 saturated carbocycles. The minimum Gasteiger partial charge on any atom is -0.293 e. The van der Waals surface area contributed by atoms with Crippen LogP contribution in [-0.4, -0.2) is 34.8 Å². The van der Waals surface area contributed by atoms with Crippen LogP contribution in [-0.2, 0) is 14.4 Å². The van der Waals surface area contributed by atoms with Crippen LogP contribution in [0.25, 0.3) is 0 Å². The topological polar surface area (TPSA) is 54.5 Å². The van der Waals surface area contributed by atoms with Gasteiger partial charge in [-0.3, -0.25) is 19.3 Å². The Balaban J connectivity index is 2.29. The molecule has 152 valence electrons. The van der Waals surface area contributed by atoms with Gasteiger partial charge in [-0.2, -0.15) is 0 Å². The van der Waals surface area contributed by atoms with E-state index in [0.717, 1.165) is 20.8 Å². The van der Waals surface area contributed by atoms with Gasteiger partial charge in [0, 0.05) is 13.8 Å². The lowest BCUT2D eigenvalue weighted by molar-refractivity contribution is -0.144. The molecule has 0 aliphatic heterocycles. The van der Waals surface area contributed by atoms with Gasteiger partial charge in [0.2, 0.25) is 11.8 Å². The van der Waals surface area contributed by atoms with Gasteiger partial charge >= 0.3 is 0 Å². The number of nitrogens with zero attached hydrogens (tertiary/aromatic N) is 1. The maximum absolute atomic E-state index is 13.2. The van der Waals surface area contributed by atoms with Crippen molar-refractivity contribution in [3.8, 4) is 0 Å². The molecule has 0 aliphatic rings. The van der Waals surface area contributed by atoms with Crippen molar-refractivity contribution in [2.75, 3.05) is 6.54 Å². The van der Waals surface area contributed by atoms with E-state index in [9.17, 15) is 14.4 Å². The van der Waals surface area contributed by atoms with Gasteiger partial charge in [-0.05, 0) is 28.6 Å². The SMILES string of the molecule is CC(=O)N(CC(=O)C=P(c1ccccc1)(c1ccccc1)c1ccccc1)C(C)=O. The molecular weight excluding hydrogens is 393 g/mol. The fourth-order valence-electron chi connectivity index (χ4n) is 3.52. The monoisotopic (exact) mass is 417 g/mol. The molecule has 0 bridgehead atoms. The minimum atomic E-state index is -2.45. The van der Waals surface area contributed by atoms with E-state index >= 15 is 0 Å². The number of carbonyl (C=O) groups excluding carboxylic acids is 3. The number of imide groups is 1.